The van der Waals surface area contributed by atoms with Crippen molar-refractivity contribution in [3.63, 3.8) is 0 Å². The van der Waals surface area contributed by atoms with E-state index in [-0.39, 0.29) is 10.7 Å². The molecule has 0 bridgehead atoms. The predicted molar refractivity (Wildman–Crippen MR) is 97.0 cm³/mol. The first-order chi connectivity index (χ1) is 12.5. The summed E-state index contributed by atoms with van der Waals surface area (Å²) in [5.74, 6) is -0.896. The van der Waals surface area contributed by atoms with Crippen LogP contribution in [0.4, 0.5) is 25.0 Å². The Hall–Kier alpha value is -3.12. The lowest BCUT2D eigenvalue weighted by atomic mass is 10.3. The van der Waals surface area contributed by atoms with E-state index in [0.717, 1.165) is 12.1 Å². The van der Waals surface area contributed by atoms with Gasteiger partial charge in [-0.1, -0.05) is 29.8 Å². The van der Waals surface area contributed by atoms with E-state index in [0.29, 0.717) is 17.2 Å². The van der Waals surface area contributed by atoms with Crippen LogP contribution >= 0.6 is 11.6 Å². The van der Waals surface area contributed by atoms with Gasteiger partial charge in [0.05, 0.1) is 10.7 Å². The molecule has 132 valence electrons. The van der Waals surface area contributed by atoms with Crippen molar-refractivity contribution in [1.82, 2.24) is 0 Å². The van der Waals surface area contributed by atoms with Crippen LogP contribution in [0.2, 0.25) is 5.02 Å². The number of halogens is 3. The molecule has 7 heteroatoms. The van der Waals surface area contributed by atoms with Crippen molar-refractivity contribution < 1.29 is 18.3 Å². The number of rotatable bonds is 4. The van der Waals surface area contributed by atoms with E-state index in [1.54, 1.807) is 24.3 Å². The van der Waals surface area contributed by atoms with Crippen LogP contribution in [0.1, 0.15) is 0 Å². The molecule has 0 unspecified atom stereocenters. The minimum Gasteiger partial charge on any atom is -0.457 e. The average Bonchev–Trinajstić information content (AvgIpc) is 2.62. The molecular formula is C19H13ClF2N2O2. The molecule has 0 aliphatic heterocycles. The molecule has 2 N–H and O–H groups in total. The topological polar surface area (TPSA) is 50.4 Å². The third-order valence-electron chi connectivity index (χ3n) is 3.35. The van der Waals surface area contributed by atoms with Gasteiger partial charge < -0.3 is 15.4 Å². The number of carbonyl (C=O) groups excluding carboxylic acids is 1. The van der Waals surface area contributed by atoms with Crippen LogP contribution in [0, 0.1) is 11.6 Å². The summed E-state index contributed by atoms with van der Waals surface area (Å²) in [5, 5.41) is 4.82. The van der Waals surface area contributed by atoms with Gasteiger partial charge in [0.15, 0.2) is 11.6 Å². The second-order valence-corrected chi connectivity index (χ2v) is 5.67. The molecule has 0 aliphatic rings. The Bertz CT molecular complexity index is 919. The number of urea groups is 1. The highest BCUT2D eigenvalue weighted by atomic mass is 35.5. The lowest BCUT2D eigenvalue weighted by Gasteiger charge is -2.10. The number of hydrogen-bond donors (Lipinski definition) is 2. The minimum atomic E-state index is -1.10. The zero-order valence-corrected chi connectivity index (χ0v) is 14.1. The third-order valence-corrected chi connectivity index (χ3v) is 3.66. The van der Waals surface area contributed by atoms with Gasteiger partial charge in [-0.2, -0.15) is 0 Å². The van der Waals surface area contributed by atoms with Gasteiger partial charge >= 0.3 is 6.03 Å². The fourth-order valence-electron chi connectivity index (χ4n) is 2.13. The van der Waals surface area contributed by atoms with Crippen molar-refractivity contribution in [2.75, 3.05) is 10.6 Å². The Labute approximate surface area is 153 Å². The van der Waals surface area contributed by atoms with Gasteiger partial charge in [-0.25, -0.2) is 13.6 Å². The standard InChI is InChI=1S/C19H13ClF2N2O2/c20-15-10-16(21)17(22)11-18(15)24-19(25)23-12-6-8-14(9-7-12)26-13-4-2-1-3-5-13/h1-11H,(H2,23,24,25). The molecule has 0 radical (unpaired) electrons. The van der Waals surface area contributed by atoms with Crippen molar-refractivity contribution in [2.24, 2.45) is 0 Å². The zero-order valence-electron chi connectivity index (χ0n) is 13.3. The maximum absolute atomic E-state index is 13.2. The molecule has 26 heavy (non-hydrogen) atoms. The largest absolute Gasteiger partial charge is 0.457 e. The van der Waals surface area contributed by atoms with Crippen LogP contribution in [0.15, 0.2) is 66.7 Å². The smallest absolute Gasteiger partial charge is 0.323 e. The van der Waals surface area contributed by atoms with Crippen LogP contribution in [0.3, 0.4) is 0 Å². The summed E-state index contributed by atoms with van der Waals surface area (Å²) >= 11 is 5.78. The summed E-state index contributed by atoms with van der Waals surface area (Å²) in [6, 6.07) is 16.9. The van der Waals surface area contributed by atoms with Crippen molar-refractivity contribution >= 4 is 29.0 Å². The first-order valence-corrected chi connectivity index (χ1v) is 7.94. The van der Waals surface area contributed by atoms with Crippen LogP contribution in [0.5, 0.6) is 11.5 Å². The summed E-state index contributed by atoms with van der Waals surface area (Å²) in [7, 11) is 0. The molecular weight excluding hydrogens is 362 g/mol. The second kappa shape index (κ2) is 7.84. The Morgan fingerprint density at radius 3 is 2.15 bits per heavy atom. The highest BCUT2D eigenvalue weighted by molar-refractivity contribution is 6.33. The summed E-state index contributed by atoms with van der Waals surface area (Å²) in [6.45, 7) is 0. The van der Waals surface area contributed by atoms with E-state index in [4.69, 9.17) is 16.3 Å². The van der Waals surface area contributed by atoms with Gasteiger partial charge in [-0.15, -0.1) is 0 Å². The van der Waals surface area contributed by atoms with Crippen LogP contribution < -0.4 is 15.4 Å². The van der Waals surface area contributed by atoms with Gasteiger partial charge in [-0.3, -0.25) is 0 Å². The fraction of sp³-hybridized carbons (Fsp3) is 0. The number of benzene rings is 3. The van der Waals surface area contributed by atoms with E-state index in [1.807, 2.05) is 30.3 Å². The molecule has 4 nitrogen and oxygen atoms in total. The number of carbonyl (C=O) groups is 1. The van der Waals surface area contributed by atoms with Crippen LogP contribution in [-0.4, -0.2) is 6.03 Å². The number of nitrogens with one attached hydrogen (secondary N) is 2. The Kier molecular flexibility index (Phi) is 5.34. The number of amides is 2. The zero-order chi connectivity index (χ0) is 18.5. The second-order valence-electron chi connectivity index (χ2n) is 5.26. The van der Waals surface area contributed by atoms with Gasteiger partial charge in [0, 0.05) is 11.8 Å². The van der Waals surface area contributed by atoms with Crippen molar-refractivity contribution in [3.8, 4) is 11.5 Å². The van der Waals surface area contributed by atoms with Crippen LogP contribution in [-0.2, 0) is 0 Å². The van der Waals surface area contributed by atoms with Crippen LogP contribution in [0.25, 0.3) is 0 Å². The molecule has 2 amide bonds. The first kappa shape index (κ1) is 17.7. The van der Waals surface area contributed by atoms with Crippen molar-refractivity contribution in [1.29, 1.82) is 0 Å². The van der Waals surface area contributed by atoms with E-state index in [2.05, 4.69) is 10.6 Å². The molecule has 0 saturated carbocycles. The average molecular weight is 375 g/mol. The predicted octanol–water partition coefficient (Wildman–Crippen LogP) is 6.05. The number of hydrogen-bond acceptors (Lipinski definition) is 2. The van der Waals surface area contributed by atoms with E-state index < -0.39 is 17.7 Å². The molecule has 3 rings (SSSR count). The third kappa shape index (κ3) is 4.49. The molecule has 0 saturated heterocycles. The number of para-hydroxylation sites is 1. The summed E-state index contributed by atoms with van der Waals surface area (Å²) < 4.78 is 31.9. The number of anilines is 2. The van der Waals surface area contributed by atoms with Crippen molar-refractivity contribution in [3.05, 3.63) is 83.4 Å². The normalized spacial score (nSPS) is 10.3. The van der Waals surface area contributed by atoms with E-state index >= 15 is 0 Å². The SMILES string of the molecule is O=C(Nc1ccc(Oc2ccccc2)cc1)Nc1cc(F)c(F)cc1Cl. The summed E-state index contributed by atoms with van der Waals surface area (Å²) in [4.78, 5) is 12.0. The molecule has 0 spiro atoms. The maximum atomic E-state index is 13.2. The monoisotopic (exact) mass is 374 g/mol. The molecule has 3 aromatic rings. The van der Waals surface area contributed by atoms with Gasteiger partial charge in [0.2, 0.25) is 0 Å². The highest BCUT2D eigenvalue weighted by Gasteiger charge is 2.11. The molecule has 0 heterocycles. The fourth-order valence-corrected chi connectivity index (χ4v) is 2.33. The summed E-state index contributed by atoms with van der Waals surface area (Å²) in [6.07, 6.45) is 0. The quantitative estimate of drug-likeness (QED) is 0.546. The van der Waals surface area contributed by atoms with Crippen molar-refractivity contribution in [2.45, 2.75) is 0 Å². The van der Waals surface area contributed by atoms with E-state index in [1.165, 1.54) is 0 Å². The molecule has 0 fully saturated rings. The maximum Gasteiger partial charge on any atom is 0.323 e. The minimum absolute atomic E-state index is 0.0351. The Balaban J connectivity index is 1.62. The number of ether oxygens (including phenoxy) is 1. The Morgan fingerprint density at radius 2 is 1.46 bits per heavy atom. The summed E-state index contributed by atoms with van der Waals surface area (Å²) in [5.41, 5.74) is 0.453. The van der Waals surface area contributed by atoms with Gasteiger partial charge in [0.1, 0.15) is 11.5 Å². The molecule has 0 aliphatic carbocycles. The van der Waals surface area contributed by atoms with E-state index in [9.17, 15) is 13.6 Å². The molecule has 0 atom stereocenters. The molecule has 3 aromatic carbocycles. The highest BCUT2D eigenvalue weighted by Crippen LogP contribution is 2.26. The first-order valence-electron chi connectivity index (χ1n) is 7.57. The Morgan fingerprint density at radius 1 is 0.846 bits per heavy atom. The molecule has 0 aromatic heterocycles. The van der Waals surface area contributed by atoms with Gasteiger partial charge in [0.25, 0.3) is 0 Å². The lowest BCUT2D eigenvalue weighted by molar-refractivity contribution is 0.262. The lowest BCUT2D eigenvalue weighted by Crippen LogP contribution is -2.19. The van der Waals surface area contributed by atoms with Gasteiger partial charge in [-0.05, 0) is 42.5 Å².